The van der Waals surface area contributed by atoms with Gasteiger partial charge >= 0.3 is 0 Å². The molecule has 0 amide bonds. The van der Waals surface area contributed by atoms with Crippen LogP contribution in [-0.2, 0) is 15.6 Å². The molecule has 64 heavy (non-hydrogen) atoms. The van der Waals surface area contributed by atoms with Crippen LogP contribution in [0.2, 0.25) is 0 Å². The summed E-state index contributed by atoms with van der Waals surface area (Å²) in [5.74, 6) is 2.22. The van der Waals surface area contributed by atoms with Crippen LogP contribution in [0.15, 0.2) is 193 Å². The van der Waals surface area contributed by atoms with Crippen molar-refractivity contribution >= 4 is 22.9 Å². The van der Waals surface area contributed by atoms with E-state index >= 15 is 0 Å². The van der Waals surface area contributed by atoms with E-state index in [2.05, 4.69) is 120 Å². The van der Waals surface area contributed by atoms with Crippen LogP contribution >= 0.6 is 0 Å². The van der Waals surface area contributed by atoms with Crippen LogP contribution in [0.4, 0.5) is 11.4 Å². The highest BCUT2D eigenvalue weighted by molar-refractivity contribution is 6.24. The average Bonchev–Trinajstić information content (AvgIpc) is 4.14. The highest BCUT2D eigenvalue weighted by atomic mass is 16.5. The number of benzene rings is 4. The number of ether oxygens (including phenoxy) is 2. The molecule has 0 N–H and O–H groups in total. The van der Waals surface area contributed by atoms with Gasteiger partial charge < -0.3 is 19.5 Å². The van der Waals surface area contributed by atoms with E-state index in [0.717, 1.165) is 85.6 Å². The van der Waals surface area contributed by atoms with Gasteiger partial charge in [-0.1, -0.05) is 153 Å². The monoisotopic (exact) mass is 848 g/mol. The minimum absolute atomic E-state index is 0.192. The van der Waals surface area contributed by atoms with Gasteiger partial charge in [-0.15, -0.1) is 0 Å². The van der Waals surface area contributed by atoms with Gasteiger partial charge in [-0.3, -0.25) is 4.79 Å². The zero-order valence-electron chi connectivity index (χ0n) is 37.3. The number of hydrogen-bond donors (Lipinski definition) is 0. The van der Waals surface area contributed by atoms with Crippen LogP contribution in [0.3, 0.4) is 0 Å². The number of Topliss-reactive ketones (excluding diaryl/α,β-unsaturated/α-hetero) is 1. The molecule has 2 heterocycles. The Morgan fingerprint density at radius 3 is 1.81 bits per heavy atom. The fraction of sp³-hybridized carbons (Fsp3) is 0.310. The van der Waals surface area contributed by atoms with Crippen molar-refractivity contribution in [1.29, 1.82) is 0 Å². The summed E-state index contributed by atoms with van der Waals surface area (Å²) in [6.45, 7) is 6.63. The largest absolute Gasteiger partial charge is 0.871 e. The minimum Gasteiger partial charge on any atom is -0.871 e. The smallest absolute Gasteiger partial charge is 0.209 e. The molecule has 0 bridgehead atoms. The number of fused-ring (bicyclic) bond motifs is 2. The molecule has 0 fully saturated rings. The highest BCUT2D eigenvalue weighted by Gasteiger charge is 2.49. The first-order valence-corrected chi connectivity index (χ1v) is 23.4. The van der Waals surface area contributed by atoms with E-state index in [4.69, 9.17) is 9.47 Å². The van der Waals surface area contributed by atoms with Crippen LogP contribution in [0.1, 0.15) is 76.3 Å². The average molecular weight is 849 g/mol. The summed E-state index contributed by atoms with van der Waals surface area (Å²) in [7, 11) is 0. The molecule has 6 nitrogen and oxygen atoms in total. The third kappa shape index (κ3) is 8.75. The van der Waals surface area contributed by atoms with Crippen molar-refractivity contribution in [3.63, 3.8) is 0 Å². The van der Waals surface area contributed by atoms with Crippen LogP contribution in [0, 0.1) is 11.8 Å². The molecule has 326 valence electrons. The van der Waals surface area contributed by atoms with E-state index in [9.17, 15) is 9.90 Å². The number of ketones is 1. The lowest BCUT2D eigenvalue weighted by atomic mass is 9.73. The predicted molar refractivity (Wildman–Crippen MR) is 257 cm³/mol. The summed E-state index contributed by atoms with van der Waals surface area (Å²) in [6, 6.07) is 36.9. The van der Waals surface area contributed by atoms with Gasteiger partial charge in [-0.25, -0.2) is 0 Å². The Hall–Kier alpha value is -6.40. The number of para-hydroxylation sites is 4. The predicted octanol–water partition coefficient (Wildman–Crippen LogP) is 11.6. The summed E-state index contributed by atoms with van der Waals surface area (Å²) in [4.78, 5) is 16.9. The van der Waals surface area contributed by atoms with E-state index in [-0.39, 0.29) is 22.7 Å². The van der Waals surface area contributed by atoms with Crippen LogP contribution in [-0.4, -0.2) is 42.4 Å². The maximum atomic E-state index is 14.6. The summed E-state index contributed by atoms with van der Waals surface area (Å²) >= 11 is 0. The molecule has 2 atom stereocenters. The fourth-order valence-corrected chi connectivity index (χ4v) is 10.5. The van der Waals surface area contributed by atoms with Crippen molar-refractivity contribution in [2.24, 2.45) is 11.8 Å². The Kier molecular flexibility index (Phi) is 12.8. The quantitative estimate of drug-likeness (QED) is 0.0503. The SMILES string of the molecule is CC1(CCCCC2C=CC=C2)C(/C=C2\C(=O)C(/C=C3/N(CCOc4ccccc4)c4ccccc4C3(C)CCCCC3C=CC=C3)=C2[O-])=[N+](CCOc2ccccc2)c2ccccc21. The number of allylic oxidation sites excluding steroid dienone is 13. The molecule has 9 rings (SSSR count). The Labute approximate surface area is 379 Å². The molecule has 2 unspecified atom stereocenters. The van der Waals surface area contributed by atoms with Gasteiger partial charge in [-0.2, -0.15) is 4.58 Å². The lowest BCUT2D eigenvalue weighted by Crippen LogP contribution is -2.37. The third-order valence-electron chi connectivity index (χ3n) is 14.1. The third-order valence-corrected chi connectivity index (χ3v) is 14.1. The van der Waals surface area contributed by atoms with E-state index < -0.39 is 10.8 Å². The van der Waals surface area contributed by atoms with E-state index in [1.165, 1.54) is 11.1 Å². The molecule has 4 aromatic rings. The summed E-state index contributed by atoms with van der Waals surface area (Å²) in [5, 5.41) is 14.6. The zero-order valence-corrected chi connectivity index (χ0v) is 37.3. The Bertz CT molecular complexity index is 2570. The van der Waals surface area contributed by atoms with Crippen molar-refractivity contribution in [1.82, 2.24) is 0 Å². The topological polar surface area (TPSA) is 64.8 Å². The molecule has 6 heteroatoms. The van der Waals surface area contributed by atoms with Crippen molar-refractivity contribution < 1.29 is 24.0 Å². The first-order chi connectivity index (χ1) is 31.3. The van der Waals surface area contributed by atoms with Crippen molar-refractivity contribution in [3.05, 3.63) is 204 Å². The summed E-state index contributed by atoms with van der Waals surface area (Å²) in [6.07, 6.45) is 29.7. The number of carbonyl (C=O) groups is 1. The Morgan fingerprint density at radius 2 is 1.19 bits per heavy atom. The van der Waals surface area contributed by atoms with E-state index in [1.54, 1.807) is 0 Å². The zero-order chi connectivity index (χ0) is 43.9. The number of carbonyl (C=O) groups excluding carboxylic acids is 1. The summed E-state index contributed by atoms with van der Waals surface area (Å²) in [5.41, 5.74) is 6.33. The molecule has 0 spiro atoms. The number of unbranched alkanes of at least 4 members (excludes halogenated alkanes) is 2. The second kappa shape index (κ2) is 19.1. The van der Waals surface area contributed by atoms with Gasteiger partial charge in [0.05, 0.1) is 12.0 Å². The molecule has 4 aromatic carbocycles. The molecule has 0 aromatic heterocycles. The number of rotatable bonds is 20. The fourth-order valence-electron chi connectivity index (χ4n) is 10.5. The van der Waals surface area contributed by atoms with Gasteiger partial charge in [0.25, 0.3) is 0 Å². The Morgan fingerprint density at radius 1 is 0.641 bits per heavy atom. The number of nitrogens with zero attached hydrogens (tertiary/aromatic N) is 2. The van der Waals surface area contributed by atoms with Crippen LogP contribution in [0.25, 0.3) is 0 Å². The molecule has 0 radical (unpaired) electrons. The Balaban J connectivity index is 1.05. The van der Waals surface area contributed by atoms with Gasteiger partial charge in [0.1, 0.15) is 24.7 Å². The number of hydrogen-bond acceptors (Lipinski definition) is 5. The second-order valence-corrected chi connectivity index (χ2v) is 18.2. The van der Waals surface area contributed by atoms with Crippen LogP contribution < -0.4 is 19.5 Å². The van der Waals surface area contributed by atoms with Gasteiger partial charge in [0.15, 0.2) is 18.0 Å². The molecule has 5 aliphatic rings. The maximum absolute atomic E-state index is 14.6. The van der Waals surface area contributed by atoms with E-state index in [1.807, 2.05) is 72.8 Å². The van der Waals surface area contributed by atoms with Crippen LogP contribution in [0.5, 0.6) is 11.5 Å². The minimum atomic E-state index is -0.405. The van der Waals surface area contributed by atoms with Gasteiger partial charge in [0.2, 0.25) is 5.69 Å². The molecule has 0 saturated heterocycles. The maximum Gasteiger partial charge on any atom is 0.209 e. The number of anilines is 1. The molecule has 0 saturated carbocycles. The normalized spacial score (nSPS) is 22.4. The van der Waals surface area contributed by atoms with E-state index in [0.29, 0.717) is 38.1 Å². The molecule has 3 aliphatic carbocycles. The molecule has 2 aliphatic heterocycles. The van der Waals surface area contributed by atoms with Crippen molar-refractivity contribution in [2.45, 2.75) is 76.0 Å². The van der Waals surface area contributed by atoms with Gasteiger partial charge in [0, 0.05) is 45.7 Å². The first kappa shape index (κ1) is 42.9. The molecular formula is C58H60N2O4. The van der Waals surface area contributed by atoms with Crippen molar-refractivity contribution in [2.75, 3.05) is 31.2 Å². The van der Waals surface area contributed by atoms with Crippen molar-refractivity contribution in [3.8, 4) is 11.5 Å². The molecular weight excluding hydrogens is 789 g/mol. The standard InChI is InChI=1S/C58H60N2O4/c1-57(35-19-17-25-43-21-9-10-22-43)49-31-13-15-33-51(49)59(37-39-63-45-27-5-3-6-28-45)53(57)41-47-55(61)48(56(47)62)42-54-58(2,36-20-18-26-44-23-11-12-24-44)50-32-14-16-34-52(50)60(54)38-40-64-46-29-7-4-8-30-46/h3-16,21-24,27-34,41-44H,17-20,25-26,35-40H2,1-2H3. The highest BCUT2D eigenvalue weighted by Crippen LogP contribution is 2.52. The second-order valence-electron chi connectivity index (χ2n) is 18.2. The van der Waals surface area contributed by atoms with Gasteiger partial charge in [-0.05, 0) is 93.3 Å². The summed E-state index contributed by atoms with van der Waals surface area (Å²) < 4.78 is 14.8. The first-order valence-electron chi connectivity index (χ1n) is 23.4. The lowest BCUT2D eigenvalue weighted by molar-refractivity contribution is -0.440. The lowest BCUT2D eigenvalue weighted by Gasteiger charge is -2.34.